The van der Waals surface area contributed by atoms with Gasteiger partial charge in [0.15, 0.2) is 0 Å². The number of nitrogens with two attached hydrogens (primary N) is 1. The molecule has 2 rings (SSSR count). The van der Waals surface area contributed by atoms with Gasteiger partial charge in [-0.2, -0.15) is 0 Å². The minimum absolute atomic E-state index is 0.151. The van der Waals surface area contributed by atoms with Gasteiger partial charge in [-0.15, -0.1) is 0 Å². The van der Waals surface area contributed by atoms with E-state index in [1.165, 1.54) is 11.1 Å². The number of methoxy groups -OCH3 is 1. The van der Waals surface area contributed by atoms with Gasteiger partial charge in [0.05, 0.1) is 13.2 Å². The molecule has 0 aliphatic rings. The normalized spacial score (nSPS) is 12.2. The van der Waals surface area contributed by atoms with Crippen LogP contribution in [-0.2, 0) is 6.42 Å². The fourth-order valence-electron chi connectivity index (χ4n) is 2.22. The van der Waals surface area contributed by atoms with E-state index in [1.807, 2.05) is 19.1 Å². The van der Waals surface area contributed by atoms with Gasteiger partial charge in [0.2, 0.25) is 0 Å². The first-order chi connectivity index (χ1) is 9.15. The molecular formula is C17H21NO. The summed E-state index contributed by atoms with van der Waals surface area (Å²) in [6.07, 6.45) is 1.05. The molecule has 2 aromatic rings. The van der Waals surface area contributed by atoms with E-state index < -0.39 is 0 Å². The third kappa shape index (κ3) is 2.96. The molecule has 0 saturated heterocycles. The molecule has 19 heavy (non-hydrogen) atoms. The molecule has 0 aromatic heterocycles. The lowest BCUT2D eigenvalue weighted by Gasteiger charge is -2.17. The van der Waals surface area contributed by atoms with Gasteiger partial charge in [0, 0.05) is 5.56 Å². The summed E-state index contributed by atoms with van der Waals surface area (Å²) in [5.41, 5.74) is 11.0. The Kier molecular flexibility index (Phi) is 4.23. The number of rotatable bonds is 4. The Bertz CT molecular complexity index is 546. The van der Waals surface area contributed by atoms with Crippen LogP contribution in [0.3, 0.4) is 0 Å². The minimum atomic E-state index is -0.151. The number of benzene rings is 2. The highest BCUT2D eigenvalue weighted by atomic mass is 16.5. The highest BCUT2D eigenvalue weighted by molar-refractivity contribution is 5.43. The molecule has 0 fully saturated rings. The van der Waals surface area contributed by atoms with Crippen molar-refractivity contribution in [1.82, 2.24) is 0 Å². The van der Waals surface area contributed by atoms with E-state index in [1.54, 1.807) is 7.11 Å². The zero-order valence-electron chi connectivity index (χ0n) is 11.8. The molecule has 2 nitrogen and oxygen atoms in total. The molecule has 0 bridgehead atoms. The Morgan fingerprint density at radius 2 is 1.79 bits per heavy atom. The topological polar surface area (TPSA) is 35.2 Å². The maximum absolute atomic E-state index is 6.35. The SMILES string of the molecule is CCc1ccc(C(N)c2ccc(C)cc2OC)cc1. The predicted molar refractivity (Wildman–Crippen MR) is 79.6 cm³/mol. The number of ether oxygens (including phenoxy) is 1. The average molecular weight is 255 g/mol. The molecule has 1 unspecified atom stereocenters. The molecule has 0 amide bonds. The fraction of sp³-hybridized carbons (Fsp3) is 0.294. The Labute approximate surface area is 115 Å². The van der Waals surface area contributed by atoms with Crippen molar-refractivity contribution < 1.29 is 4.74 Å². The second-order valence-corrected chi connectivity index (χ2v) is 4.82. The lowest BCUT2D eigenvalue weighted by molar-refractivity contribution is 0.407. The van der Waals surface area contributed by atoms with Crippen molar-refractivity contribution in [2.24, 2.45) is 5.73 Å². The van der Waals surface area contributed by atoms with Gasteiger partial charge in [-0.1, -0.05) is 43.3 Å². The van der Waals surface area contributed by atoms with Crippen molar-refractivity contribution in [2.45, 2.75) is 26.3 Å². The van der Waals surface area contributed by atoms with E-state index in [0.717, 1.165) is 23.3 Å². The van der Waals surface area contributed by atoms with Gasteiger partial charge in [-0.3, -0.25) is 0 Å². The molecular weight excluding hydrogens is 234 g/mol. The maximum atomic E-state index is 6.35. The van der Waals surface area contributed by atoms with Crippen LogP contribution in [0.25, 0.3) is 0 Å². The lowest BCUT2D eigenvalue weighted by Crippen LogP contribution is -2.13. The zero-order valence-corrected chi connectivity index (χ0v) is 11.8. The first-order valence-electron chi connectivity index (χ1n) is 6.64. The molecule has 2 heteroatoms. The monoisotopic (exact) mass is 255 g/mol. The Balaban J connectivity index is 2.34. The van der Waals surface area contributed by atoms with Gasteiger partial charge < -0.3 is 10.5 Å². The van der Waals surface area contributed by atoms with Crippen LogP contribution >= 0.6 is 0 Å². The second kappa shape index (κ2) is 5.89. The molecule has 0 heterocycles. The number of hydrogen-bond donors (Lipinski definition) is 1. The molecule has 0 saturated carbocycles. The predicted octanol–water partition coefficient (Wildman–Crippen LogP) is 3.61. The molecule has 0 spiro atoms. The van der Waals surface area contributed by atoms with Crippen LogP contribution in [-0.4, -0.2) is 7.11 Å². The molecule has 1 atom stereocenters. The van der Waals surface area contributed by atoms with Gasteiger partial charge >= 0.3 is 0 Å². The highest BCUT2D eigenvalue weighted by Crippen LogP contribution is 2.29. The van der Waals surface area contributed by atoms with Crippen LogP contribution < -0.4 is 10.5 Å². The zero-order chi connectivity index (χ0) is 13.8. The van der Waals surface area contributed by atoms with Crippen molar-refractivity contribution in [2.75, 3.05) is 7.11 Å². The summed E-state index contributed by atoms with van der Waals surface area (Å²) in [4.78, 5) is 0. The van der Waals surface area contributed by atoms with E-state index in [0.29, 0.717) is 0 Å². The highest BCUT2D eigenvalue weighted by Gasteiger charge is 2.13. The third-order valence-corrected chi connectivity index (χ3v) is 3.47. The lowest BCUT2D eigenvalue weighted by atomic mass is 9.96. The van der Waals surface area contributed by atoms with Crippen molar-refractivity contribution >= 4 is 0 Å². The van der Waals surface area contributed by atoms with Crippen molar-refractivity contribution in [1.29, 1.82) is 0 Å². The molecule has 2 aromatic carbocycles. The standard InChI is InChI=1S/C17H21NO/c1-4-13-6-8-14(9-7-13)17(18)15-10-5-12(2)11-16(15)19-3/h5-11,17H,4,18H2,1-3H3. The molecule has 0 radical (unpaired) electrons. The summed E-state index contributed by atoms with van der Waals surface area (Å²) in [7, 11) is 1.69. The van der Waals surface area contributed by atoms with Crippen LogP contribution in [0, 0.1) is 6.92 Å². The van der Waals surface area contributed by atoms with Crippen LogP contribution in [0.4, 0.5) is 0 Å². The van der Waals surface area contributed by atoms with E-state index in [9.17, 15) is 0 Å². The van der Waals surface area contributed by atoms with Crippen LogP contribution in [0.2, 0.25) is 0 Å². The van der Waals surface area contributed by atoms with Gasteiger partial charge in [-0.25, -0.2) is 0 Å². The molecule has 0 aliphatic heterocycles. The van der Waals surface area contributed by atoms with E-state index in [4.69, 9.17) is 10.5 Å². The summed E-state index contributed by atoms with van der Waals surface area (Å²) in [5.74, 6) is 0.854. The van der Waals surface area contributed by atoms with Gasteiger partial charge in [0.1, 0.15) is 5.75 Å². The average Bonchev–Trinajstić information content (AvgIpc) is 2.46. The largest absolute Gasteiger partial charge is 0.496 e. The van der Waals surface area contributed by atoms with Crippen molar-refractivity contribution in [3.05, 3.63) is 64.7 Å². The Hall–Kier alpha value is -1.80. The molecule has 100 valence electrons. The van der Waals surface area contributed by atoms with E-state index in [-0.39, 0.29) is 6.04 Å². The maximum Gasteiger partial charge on any atom is 0.124 e. The van der Waals surface area contributed by atoms with Gasteiger partial charge in [-0.05, 0) is 36.1 Å². The minimum Gasteiger partial charge on any atom is -0.496 e. The summed E-state index contributed by atoms with van der Waals surface area (Å²) in [5, 5.41) is 0. The quantitative estimate of drug-likeness (QED) is 0.905. The Morgan fingerprint density at radius 1 is 1.11 bits per heavy atom. The van der Waals surface area contributed by atoms with Crippen LogP contribution in [0.1, 0.15) is 35.2 Å². The second-order valence-electron chi connectivity index (χ2n) is 4.82. The van der Waals surface area contributed by atoms with Crippen LogP contribution in [0.5, 0.6) is 5.75 Å². The number of hydrogen-bond acceptors (Lipinski definition) is 2. The van der Waals surface area contributed by atoms with E-state index in [2.05, 4.69) is 37.3 Å². The van der Waals surface area contributed by atoms with Crippen LogP contribution in [0.15, 0.2) is 42.5 Å². The third-order valence-electron chi connectivity index (χ3n) is 3.47. The molecule has 2 N–H and O–H groups in total. The van der Waals surface area contributed by atoms with Gasteiger partial charge in [0.25, 0.3) is 0 Å². The first-order valence-corrected chi connectivity index (χ1v) is 6.64. The smallest absolute Gasteiger partial charge is 0.124 e. The fourth-order valence-corrected chi connectivity index (χ4v) is 2.22. The summed E-state index contributed by atoms with van der Waals surface area (Å²) in [6, 6.07) is 14.5. The molecule has 0 aliphatic carbocycles. The van der Waals surface area contributed by atoms with E-state index >= 15 is 0 Å². The summed E-state index contributed by atoms with van der Waals surface area (Å²) in [6.45, 7) is 4.20. The number of aryl methyl sites for hydroxylation is 2. The van der Waals surface area contributed by atoms with Crippen molar-refractivity contribution in [3.8, 4) is 5.75 Å². The first kappa shape index (κ1) is 13.6. The Morgan fingerprint density at radius 3 is 2.37 bits per heavy atom. The summed E-state index contributed by atoms with van der Waals surface area (Å²) >= 11 is 0. The summed E-state index contributed by atoms with van der Waals surface area (Å²) < 4.78 is 5.43. The van der Waals surface area contributed by atoms with Crippen molar-refractivity contribution in [3.63, 3.8) is 0 Å².